The maximum absolute atomic E-state index is 13.4. The number of carbonyl (C=O) groups is 1. The molecule has 1 atom stereocenters. The summed E-state index contributed by atoms with van der Waals surface area (Å²) in [5, 5.41) is 2.90. The largest absolute Gasteiger partial charge is 0.445 e. The summed E-state index contributed by atoms with van der Waals surface area (Å²) in [7, 11) is 0. The average molecular weight is 339 g/mol. The molecular formula is C19H18FN3O2. The lowest BCUT2D eigenvalue weighted by atomic mass is 9.93. The molecule has 6 heteroatoms. The minimum absolute atomic E-state index is 0.0418. The van der Waals surface area contributed by atoms with Crippen molar-refractivity contribution in [2.45, 2.75) is 31.9 Å². The minimum Gasteiger partial charge on any atom is -0.445 e. The van der Waals surface area contributed by atoms with Gasteiger partial charge in [0.15, 0.2) is 0 Å². The predicted octanol–water partition coefficient (Wildman–Crippen LogP) is 3.49. The van der Waals surface area contributed by atoms with E-state index < -0.39 is 12.0 Å². The summed E-state index contributed by atoms with van der Waals surface area (Å²) in [5.74, 6) is -0.494. The van der Waals surface area contributed by atoms with Crippen LogP contribution in [-0.4, -0.2) is 22.1 Å². The predicted molar refractivity (Wildman–Crippen MR) is 91.6 cm³/mol. The number of aromatic amines is 1. The smallest absolute Gasteiger partial charge is 0.407 e. The van der Waals surface area contributed by atoms with Crippen LogP contribution in [0.5, 0.6) is 0 Å². The SMILES string of the molecule is O=C(NC1CCc2[nH]c3ccc(F)nc3c2C1)OCc1ccccc1. The highest BCUT2D eigenvalue weighted by atomic mass is 19.1. The lowest BCUT2D eigenvalue weighted by molar-refractivity contribution is 0.134. The van der Waals surface area contributed by atoms with Crippen LogP contribution < -0.4 is 5.32 Å². The normalized spacial score (nSPS) is 16.4. The molecule has 0 aliphatic heterocycles. The van der Waals surface area contributed by atoms with E-state index in [0.29, 0.717) is 11.9 Å². The first kappa shape index (κ1) is 15.6. The summed E-state index contributed by atoms with van der Waals surface area (Å²) in [6, 6.07) is 12.6. The fourth-order valence-corrected chi connectivity index (χ4v) is 3.30. The number of alkyl carbamates (subject to hydrolysis) is 1. The molecule has 0 fully saturated rings. The third-order valence-corrected chi connectivity index (χ3v) is 4.52. The van der Waals surface area contributed by atoms with Crippen molar-refractivity contribution in [1.29, 1.82) is 0 Å². The molecule has 1 unspecified atom stereocenters. The van der Waals surface area contributed by atoms with E-state index in [1.54, 1.807) is 6.07 Å². The Kier molecular flexibility index (Phi) is 4.09. The first-order valence-corrected chi connectivity index (χ1v) is 8.32. The summed E-state index contributed by atoms with van der Waals surface area (Å²) in [6.07, 6.45) is 1.78. The van der Waals surface area contributed by atoms with Gasteiger partial charge in [0.05, 0.1) is 11.0 Å². The van der Waals surface area contributed by atoms with E-state index in [1.807, 2.05) is 30.3 Å². The van der Waals surface area contributed by atoms with E-state index in [2.05, 4.69) is 15.3 Å². The summed E-state index contributed by atoms with van der Waals surface area (Å²) < 4.78 is 18.7. The van der Waals surface area contributed by atoms with Gasteiger partial charge in [-0.15, -0.1) is 0 Å². The fourth-order valence-electron chi connectivity index (χ4n) is 3.30. The van der Waals surface area contributed by atoms with Crippen LogP contribution in [0, 0.1) is 5.95 Å². The number of halogens is 1. The van der Waals surface area contributed by atoms with Gasteiger partial charge in [-0.05, 0) is 37.0 Å². The second-order valence-electron chi connectivity index (χ2n) is 6.26. The van der Waals surface area contributed by atoms with Crippen molar-refractivity contribution in [2.75, 3.05) is 0 Å². The standard InChI is InChI=1S/C19H18FN3O2/c20-17-9-8-16-18(23-17)14-10-13(6-7-15(14)22-16)21-19(24)25-11-12-4-2-1-3-5-12/h1-5,8-9,13,22H,6-7,10-11H2,(H,21,24). The lowest BCUT2D eigenvalue weighted by Crippen LogP contribution is -2.39. The number of hydrogen-bond acceptors (Lipinski definition) is 3. The van der Waals surface area contributed by atoms with Crippen molar-refractivity contribution >= 4 is 17.1 Å². The van der Waals surface area contributed by atoms with Crippen molar-refractivity contribution in [3.8, 4) is 0 Å². The number of ether oxygens (including phenoxy) is 1. The molecule has 0 radical (unpaired) electrons. The van der Waals surface area contributed by atoms with E-state index in [9.17, 15) is 9.18 Å². The quantitative estimate of drug-likeness (QED) is 0.718. The van der Waals surface area contributed by atoms with Crippen molar-refractivity contribution in [2.24, 2.45) is 0 Å². The van der Waals surface area contributed by atoms with Crippen molar-refractivity contribution in [1.82, 2.24) is 15.3 Å². The highest BCUT2D eigenvalue weighted by molar-refractivity contribution is 5.81. The molecule has 0 saturated carbocycles. The molecule has 1 aliphatic carbocycles. The number of fused-ring (bicyclic) bond motifs is 3. The number of nitrogens with one attached hydrogen (secondary N) is 2. The first-order chi connectivity index (χ1) is 12.2. The number of rotatable bonds is 3. The summed E-state index contributed by atoms with van der Waals surface area (Å²) in [5.41, 5.74) is 4.48. The molecule has 5 nitrogen and oxygen atoms in total. The number of aryl methyl sites for hydroxylation is 1. The van der Waals surface area contributed by atoms with Crippen LogP contribution in [0.4, 0.5) is 9.18 Å². The molecule has 0 saturated heterocycles. The van der Waals surface area contributed by atoms with Gasteiger partial charge in [0.2, 0.25) is 5.95 Å². The second kappa shape index (κ2) is 6.55. The number of benzene rings is 1. The molecule has 1 aromatic carbocycles. The Morgan fingerprint density at radius 1 is 1.28 bits per heavy atom. The molecule has 0 bridgehead atoms. The second-order valence-corrected chi connectivity index (χ2v) is 6.26. The van der Waals surface area contributed by atoms with Gasteiger partial charge in [-0.2, -0.15) is 4.39 Å². The van der Waals surface area contributed by atoms with Gasteiger partial charge in [0.1, 0.15) is 6.61 Å². The number of hydrogen-bond donors (Lipinski definition) is 2. The van der Waals surface area contributed by atoms with Crippen LogP contribution in [-0.2, 0) is 24.2 Å². The van der Waals surface area contributed by atoms with E-state index >= 15 is 0 Å². The fraction of sp³-hybridized carbons (Fsp3) is 0.263. The lowest BCUT2D eigenvalue weighted by Gasteiger charge is -2.23. The van der Waals surface area contributed by atoms with Gasteiger partial charge in [0.25, 0.3) is 0 Å². The topological polar surface area (TPSA) is 67.0 Å². The average Bonchev–Trinajstić information content (AvgIpc) is 2.98. The van der Waals surface area contributed by atoms with Gasteiger partial charge in [-0.25, -0.2) is 9.78 Å². The van der Waals surface area contributed by atoms with Crippen molar-refractivity contribution < 1.29 is 13.9 Å². The molecule has 2 heterocycles. The van der Waals surface area contributed by atoms with Crippen molar-refractivity contribution in [3.05, 3.63) is 65.2 Å². The molecule has 1 amide bonds. The monoisotopic (exact) mass is 339 g/mol. The Labute approximate surface area is 144 Å². The molecule has 128 valence electrons. The molecule has 2 N–H and O–H groups in total. The molecule has 0 spiro atoms. The zero-order valence-electron chi connectivity index (χ0n) is 13.6. The number of amides is 1. The van der Waals surface area contributed by atoms with E-state index in [1.165, 1.54) is 6.07 Å². The Morgan fingerprint density at radius 3 is 2.96 bits per heavy atom. The number of aromatic nitrogens is 2. The van der Waals surface area contributed by atoms with Crippen LogP contribution in [0.15, 0.2) is 42.5 Å². The van der Waals surface area contributed by atoms with Gasteiger partial charge in [-0.1, -0.05) is 30.3 Å². The van der Waals surface area contributed by atoms with Crippen molar-refractivity contribution in [3.63, 3.8) is 0 Å². The molecule has 4 rings (SSSR count). The number of carbonyl (C=O) groups excluding carboxylic acids is 1. The summed E-state index contributed by atoms with van der Waals surface area (Å²) in [4.78, 5) is 19.3. The summed E-state index contributed by atoms with van der Waals surface area (Å²) >= 11 is 0. The van der Waals surface area contributed by atoms with E-state index in [-0.39, 0.29) is 12.6 Å². The number of pyridine rings is 1. The molecule has 1 aliphatic rings. The molecule has 3 aromatic rings. The first-order valence-electron chi connectivity index (χ1n) is 8.32. The van der Waals surface area contributed by atoms with Gasteiger partial charge in [-0.3, -0.25) is 0 Å². The van der Waals surface area contributed by atoms with Gasteiger partial charge in [0, 0.05) is 17.3 Å². The molecule has 2 aromatic heterocycles. The zero-order chi connectivity index (χ0) is 17.2. The maximum atomic E-state index is 13.4. The Hall–Kier alpha value is -2.89. The number of H-pyrrole nitrogens is 1. The summed E-state index contributed by atoms with van der Waals surface area (Å²) in [6.45, 7) is 0.241. The number of nitrogens with zero attached hydrogens (tertiary/aromatic N) is 1. The van der Waals surface area contributed by atoms with Crippen LogP contribution in [0.2, 0.25) is 0 Å². The van der Waals surface area contributed by atoms with Gasteiger partial charge >= 0.3 is 6.09 Å². The van der Waals surface area contributed by atoms with Crippen LogP contribution in [0.1, 0.15) is 23.2 Å². The zero-order valence-corrected chi connectivity index (χ0v) is 13.6. The highest BCUT2D eigenvalue weighted by Gasteiger charge is 2.25. The van der Waals surface area contributed by atoms with E-state index in [4.69, 9.17) is 4.74 Å². The third-order valence-electron chi connectivity index (χ3n) is 4.52. The molecule has 25 heavy (non-hydrogen) atoms. The van der Waals surface area contributed by atoms with Gasteiger partial charge < -0.3 is 15.0 Å². The van der Waals surface area contributed by atoms with Crippen LogP contribution >= 0.6 is 0 Å². The molecular weight excluding hydrogens is 321 g/mol. The van der Waals surface area contributed by atoms with Crippen LogP contribution in [0.3, 0.4) is 0 Å². The maximum Gasteiger partial charge on any atom is 0.407 e. The van der Waals surface area contributed by atoms with Crippen LogP contribution in [0.25, 0.3) is 11.0 Å². The minimum atomic E-state index is -0.494. The highest BCUT2D eigenvalue weighted by Crippen LogP contribution is 2.28. The third kappa shape index (κ3) is 3.33. The Bertz CT molecular complexity index is 908. The Morgan fingerprint density at radius 2 is 2.12 bits per heavy atom. The van der Waals surface area contributed by atoms with E-state index in [0.717, 1.165) is 35.2 Å². The Balaban J connectivity index is 1.41.